The number of fused-ring (bicyclic) bond motifs is 1. The van der Waals surface area contributed by atoms with Gasteiger partial charge in [-0.3, -0.25) is 10.3 Å². The molecule has 1 aliphatic heterocycles. The molecule has 0 unspecified atom stereocenters. The molecule has 0 saturated heterocycles. The number of pyridine rings is 1. The lowest BCUT2D eigenvalue weighted by molar-refractivity contribution is 0.251. The highest BCUT2D eigenvalue weighted by atomic mass is 32.2. The molecule has 0 saturated carbocycles. The van der Waals surface area contributed by atoms with E-state index in [9.17, 15) is 4.79 Å². The first-order valence-corrected chi connectivity index (χ1v) is 10.7. The van der Waals surface area contributed by atoms with Gasteiger partial charge in [-0.1, -0.05) is 6.07 Å². The van der Waals surface area contributed by atoms with Crippen LogP contribution in [0.2, 0.25) is 0 Å². The number of aromatic nitrogens is 4. The Morgan fingerprint density at radius 1 is 1.21 bits per heavy atom. The normalized spacial score (nSPS) is 12.4. The lowest BCUT2D eigenvalue weighted by Crippen LogP contribution is -2.28. The summed E-state index contributed by atoms with van der Waals surface area (Å²) in [7, 11) is 0. The van der Waals surface area contributed by atoms with Crippen LogP contribution in [0.15, 0.2) is 41.9 Å². The predicted molar refractivity (Wildman–Crippen MR) is 111 cm³/mol. The predicted octanol–water partition coefficient (Wildman–Crippen LogP) is 2.95. The Labute approximate surface area is 170 Å². The first-order chi connectivity index (χ1) is 13.8. The van der Waals surface area contributed by atoms with Crippen LogP contribution >= 0.6 is 23.1 Å². The molecule has 4 rings (SSSR count). The summed E-state index contributed by atoms with van der Waals surface area (Å²) in [6.45, 7) is 1.17. The SMILES string of the molecule is O=C(NCc1cccnc1)Nc1ncc(CCNc2ncnc3c2SCC3)s1. The number of carbonyl (C=O) groups excluding carboxylic acids is 1. The fourth-order valence-corrected chi connectivity index (χ4v) is 4.62. The van der Waals surface area contributed by atoms with Gasteiger partial charge in [0.05, 0.1) is 10.6 Å². The van der Waals surface area contributed by atoms with Gasteiger partial charge in [0.1, 0.15) is 12.1 Å². The molecule has 0 aliphatic carbocycles. The van der Waals surface area contributed by atoms with E-state index < -0.39 is 0 Å². The molecule has 10 heteroatoms. The van der Waals surface area contributed by atoms with Crippen molar-refractivity contribution in [1.82, 2.24) is 25.3 Å². The van der Waals surface area contributed by atoms with Crippen LogP contribution in [0.3, 0.4) is 0 Å². The second kappa shape index (κ2) is 8.98. The van der Waals surface area contributed by atoms with E-state index in [0.717, 1.165) is 47.1 Å². The van der Waals surface area contributed by atoms with E-state index in [0.29, 0.717) is 11.7 Å². The van der Waals surface area contributed by atoms with Gasteiger partial charge in [-0.2, -0.15) is 0 Å². The summed E-state index contributed by atoms with van der Waals surface area (Å²) in [5, 5.41) is 9.52. The number of anilines is 2. The molecule has 3 N–H and O–H groups in total. The average Bonchev–Trinajstić information content (AvgIpc) is 3.37. The van der Waals surface area contributed by atoms with E-state index in [4.69, 9.17) is 0 Å². The van der Waals surface area contributed by atoms with Crippen molar-refractivity contribution in [2.45, 2.75) is 24.3 Å². The highest BCUT2D eigenvalue weighted by Gasteiger charge is 2.17. The minimum absolute atomic E-state index is 0.281. The van der Waals surface area contributed by atoms with E-state index in [1.54, 1.807) is 36.7 Å². The largest absolute Gasteiger partial charge is 0.369 e. The average molecular weight is 414 g/mol. The summed E-state index contributed by atoms with van der Waals surface area (Å²) in [5.41, 5.74) is 2.07. The molecule has 28 heavy (non-hydrogen) atoms. The highest BCUT2D eigenvalue weighted by Crippen LogP contribution is 2.34. The minimum atomic E-state index is -0.281. The second-order valence-electron chi connectivity index (χ2n) is 6.07. The standard InChI is InChI=1S/C18H19N7OS2/c26-17(21-9-12-2-1-5-19-8-12)25-18-22-10-13(28-18)3-6-20-16-15-14(4-7-27-15)23-11-24-16/h1-2,5,8,10-11H,3-4,6-7,9H2,(H,20,23,24)(H2,21,22,25,26). The molecular formula is C18H19N7OS2. The summed E-state index contributed by atoms with van der Waals surface area (Å²) in [6.07, 6.45) is 8.64. The zero-order valence-electron chi connectivity index (χ0n) is 15.0. The number of thiazole rings is 1. The molecular weight excluding hydrogens is 394 g/mol. The Hall–Kier alpha value is -2.72. The third-order valence-corrected chi connectivity index (χ3v) is 6.18. The fraction of sp³-hybridized carbons (Fsp3) is 0.278. The van der Waals surface area contributed by atoms with Crippen LogP contribution in [0.25, 0.3) is 0 Å². The van der Waals surface area contributed by atoms with E-state index in [1.165, 1.54) is 16.2 Å². The van der Waals surface area contributed by atoms with Gasteiger partial charge in [-0.15, -0.1) is 23.1 Å². The topological polar surface area (TPSA) is 105 Å². The van der Waals surface area contributed by atoms with Gasteiger partial charge in [-0.25, -0.2) is 19.7 Å². The van der Waals surface area contributed by atoms with Crippen molar-refractivity contribution in [3.05, 3.63) is 53.2 Å². The third kappa shape index (κ3) is 4.76. The zero-order chi connectivity index (χ0) is 19.2. The number of nitrogens with zero attached hydrogens (tertiary/aromatic N) is 4. The Kier molecular flexibility index (Phi) is 5.98. The minimum Gasteiger partial charge on any atom is -0.369 e. The number of amides is 2. The smallest absolute Gasteiger partial charge is 0.321 e. The Bertz CT molecular complexity index is 948. The summed E-state index contributed by atoms with van der Waals surface area (Å²) >= 11 is 3.27. The van der Waals surface area contributed by atoms with E-state index in [2.05, 4.69) is 35.9 Å². The zero-order valence-corrected chi connectivity index (χ0v) is 16.6. The molecule has 0 fully saturated rings. The van der Waals surface area contributed by atoms with Crippen molar-refractivity contribution >= 4 is 40.1 Å². The van der Waals surface area contributed by atoms with Crippen molar-refractivity contribution in [3.63, 3.8) is 0 Å². The van der Waals surface area contributed by atoms with E-state index >= 15 is 0 Å². The molecule has 4 heterocycles. The van der Waals surface area contributed by atoms with Gasteiger partial charge in [-0.05, 0) is 11.6 Å². The van der Waals surface area contributed by atoms with E-state index in [-0.39, 0.29) is 6.03 Å². The maximum absolute atomic E-state index is 12.0. The molecule has 0 radical (unpaired) electrons. The second-order valence-corrected chi connectivity index (χ2v) is 8.29. The molecule has 0 atom stereocenters. The molecule has 0 spiro atoms. The number of carbonyl (C=O) groups is 1. The summed E-state index contributed by atoms with van der Waals surface area (Å²) in [5.74, 6) is 1.97. The van der Waals surface area contributed by atoms with Crippen LogP contribution in [-0.4, -0.2) is 38.3 Å². The van der Waals surface area contributed by atoms with Crippen LogP contribution in [0.5, 0.6) is 0 Å². The van der Waals surface area contributed by atoms with Crippen molar-refractivity contribution < 1.29 is 4.79 Å². The lowest BCUT2D eigenvalue weighted by Gasteiger charge is -2.08. The lowest BCUT2D eigenvalue weighted by atomic mass is 10.3. The van der Waals surface area contributed by atoms with Gasteiger partial charge in [0.25, 0.3) is 0 Å². The quantitative estimate of drug-likeness (QED) is 0.547. The van der Waals surface area contributed by atoms with Crippen molar-refractivity contribution in [2.24, 2.45) is 0 Å². The Morgan fingerprint density at radius 3 is 3.07 bits per heavy atom. The summed E-state index contributed by atoms with van der Waals surface area (Å²) < 4.78 is 0. The first-order valence-electron chi connectivity index (χ1n) is 8.87. The van der Waals surface area contributed by atoms with Gasteiger partial charge in [0.15, 0.2) is 5.13 Å². The number of aryl methyl sites for hydroxylation is 1. The number of rotatable bonds is 7. The Balaban J connectivity index is 1.23. The number of thioether (sulfide) groups is 1. The van der Waals surface area contributed by atoms with Gasteiger partial charge in [0, 0.05) is 55.2 Å². The molecule has 8 nitrogen and oxygen atoms in total. The monoisotopic (exact) mass is 413 g/mol. The Morgan fingerprint density at radius 2 is 2.18 bits per heavy atom. The molecule has 0 aromatic carbocycles. The van der Waals surface area contributed by atoms with Crippen LogP contribution in [0, 0.1) is 0 Å². The first kappa shape index (κ1) is 18.6. The molecule has 2 amide bonds. The number of urea groups is 1. The summed E-state index contributed by atoms with van der Waals surface area (Å²) in [4.78, 5) is 31.2. The van der Waals surface area contributed by atoms with Crippen LogP contribution in [0.4, 0.5) is 15.7 Å². The van der Waals surface area contributed by atoms with Crippen LogP contribution in [0.1, 0.15) is 16.1 Å². The molecule has 144 valence electrons. The third-order valence-electron chi connectivity index (χ3n) is 4.08. The summed E-state index contributed by atoms with van der Waals surface area (Å²) in [6, 6.07) is 3.47. The van der Waals surface area contributed by atoms with Crippen LogP contribution in [-0.2, 0) is 19.4 Å². The fourth-order valence-electron chi connectivity index (χ4n) is 2.73. The maximum atomic E-state index is 12.0. The molecule has 0 bridgehead atoms. The maximum Gasteiger partial charge on any atom is 0.321 e. The number of nitrogens with one attached hydrogen (secondary N) is 3. The van der Waals surface area contributed by atoms with Gasteiger partial charge >= 0.3 is 6.03 Å². The molecule has 3 aromatic heterocycles. The molecule has 3 aromatic rings. The van der Waals surface area contributed by atoms with Gasteiger partial charge < -0.3 is 10.6 Å². The van der Waals surface area contributed by atoms with Crippen molar-refractivity contribution in [2.75, 3.05) is 22.9 Å². The van der Waals surface area contributed by atoms with E-state index in [1.807, 2.05) is 12.1 Å². The molecule has 1 aliphatic rings. The number of hydrogen-bond donors (Lipinski definition) is 3. The van der Waals surface area contributed by atoms with Crippen LogP contribution < -0.4 is 16.0 Å². The highest BCUT2D eigenvalue weighted by molar-refractivity contribution is 7.99. The van der Waals surface area contributed by atoms with Gasteiger partial charge in [0.2, 0.25) is 0 Å². The van der Waals surface area contributed by atoms with Crippen molar-refractivity contribution in [1.29, 1.82) is 0 Å². The van der Waals surface area contributed by atoms with Crippen molar-refractivity contribution in [3.8, 4) is 0 Å². The number of hydrogen-bond acceptors (Lipinski definition) is 8.